The summed E-state index contributed by atoms with van der Waals surface area (Å²) in [5, 5.41) is 3.45. The first-order chi connectivity index (χ1) is 11.1. The highest BCUT2D eigenvalue weighted by atomic mass is 16.5. The van der Waals surface area contributed by atoms with Crippen molar-refractivity contribution in [3.63, 3.8) is 0 Å². The van der Waals surface area contributed by atoms with Crippen molar-refractivity contribution in [1.29, 1.82) is 0 Å². The largest absolute Gasteiger partial charge is 0.423 e. The molecule has 1 heterocycles. The van der Waals surface area contributed by atoms with E-state index in [2.05, 4.69) is 10.3 Å². The van der Waals surface area contributed by atoms with Crippen LogP contribution in [0.3, 0.4) is 0 Å². The molecule has 5 heteroatoms. The third-order valence-electron chi connectivity index (χ3n) is 3.50. The van der Waals surface area contributed by atoms with Gasteiger partial charge in [-0.05, 0) is 31.2 Å². The lowest BCUT2D eigenvalue weighted by atomic mass is 10.2. The highest BCUT2D eigenvalue weighted by molar-refractivity contribution is 5.97. The summed E-state index contributed by atoms with van der Waals surface area (Å²) in [7, 11) is 0. The van der Waals surface area contributed by atoms with Crippen molar-refractivity contribution in [2.75, 3.05) is 0 Å². The molecule has 2 N–H and O–H groups in total. The summed E-state index contributed by atoms with van der Waals surface area (Å²) in [4.78, 5) is 27.3. The molecule has 1 aromatic heterocycles. The van der Waals surface area contributed by atoms with Crippen LogP contribution >= 0.6 is 0 Å². The van der Waals surface area contributed by atoms with E-state index in [0.29, 0.717) is 11.3 Å². The third kappa shape index (κ3) is 3.23. The molecule has 0 aliphatic carbocycles. The summed E-state index contributed by atoms with van der Waals surface area (Å²) < 4.78 is 5.38. The maximum Gasteiger partial charge on any atom is 0.333 e. The molecular formula is C18H16N2O3. The van der Waals surface area contributed by atoms with Gasteiger partial charge in [-0.3, -0.25) is 4.79 Å². The predicted octanol–water partition coefficient (Wildman–Crippen LogP) is 2.89. The number of benzene rings is 2. The number of aromatic amines is 1. The van der Waals surface area contributed by atoms with Crippen molar-refractivity contribution < 1.29 is 14.3 Å². The Labute approximate surface area is 133 Å². The van der Waals surface area contributed by atoms with Crippen molar-refractivity contribution in [2.24, 2.45) is 0 Å². The minimum atomic E-state index is -0.753. The third-order valence-corrected chi connectivity index (χ3v) is 3.50. The predicted molar refractivity (Wildman–Crippen MR) is 87.3 cm³/mol. The van der Waals surface area contributed by atoms with Gasteiger partial charge in [0.1, 0.15) is 6.04 Å². The van der Waals surface area contributed by atoms with E-state index < -0.39 is 12.0 Å². The summed E-state index contributed by atoms with van der Waals surface area (Å²) in [5.74, 6) is -0.376. The summed E-state index contributed by atoms with van der Waals surface area (Å²) in [6.07, 6.45) is 1.63. The summed E-state index contributed by atoms with van der Waals surface area (Å²) in [6.45, 7) is 1.60. The van der Waals surface area contributed by atoms with Gasteiger partial charge in [0.25, 0.3) is 5.91 Å². The van der Waals surface area contributed by atoms with Crippen LogP contribution in [-0.2, 0) is 4.79 Å². The average Bonchev–Trinajstić information content (AvgIpc) is 2.98. The van der Waals surface area contributed by atoms with Crippen LogP contribution in [0.1, 0.15) is 17.3 Å². The summed E-state index contributed by atoms with van der Waals surface area (Å²) in [6, 6.07) is 15.5. The van der Waals surface area contributed by atoms with Crippen molar-refractivity contribution in [2.45, 2.75) is 13.0 Å². The number of amides is 1. The summed E-state index contributed by atoms with van der Waals surface area (Å²) >= 11 is 0. The molecule has 5 nitrogen and oxygen atoms in total. The number of H-pyrrole nitrogens is 1. The quantitative estimate of drug-likeness (QED) is 0.728. The van der Waals surface area contributed by atoms with Crippen molar-refractivity contribution in [1.82, 2.24) is 10.3 Å². The smallest absolute Gasteiger partial charge is 0.333 e. The van der Waals surface area contributed by atoms with Crippen LogP contribution < -0.4 is 10.1 Å². The topological polar surface area (TPSA) is 71.2 Å². The molecule has 0 fully saturated rings. The van der Waals surface area contributed by atoms with Gasteiger partial charge in [0.2, 0.25) is 0 Å². The van der Waals surface area contributed by atoms with Crippen LogP contribution in [0.4, 0.5) is 0 Å². The number of hydrogen-bond acceptors (Lipinski definition) is 3. The molecule has 0 aliphatic heterocycles. The Bertz CT molecular complexity index is 840. The number of rotatable bonds is 4. The lowest BCUT2D eigenvalue weighted by molar-refractivity contribution is -0.136. The summed E-state index contributed by atoms with van der Waals surface area (Å²) in [5.41, 5.74) is 1.38. The van der Waals surface area contributed by atoms with E-state index in [1.165, 1.54) is 0 Å². The fourth-order valence-corrected chi connectivity index (χ4v) is 2.25. The minimum absolute atomic E-state index is 0.311. The second-order valence-electron chi connectivity index (χ2n) is 5.18. The van der Waals surface area contributed by atoms with E-state index in [4.69, 9.17) is 4.74 Å². The van der Waals surface area contributed by atoms with Crippen LogP contribution in [0.5, 0.6) is 5.75 Å². The number of carbonyl (C=O) groups excluding carboxylic acids is 2. The number of para-hydroxylation sites is 1. The van der Waals surface area contributed by atoms with Gasteiger partial charge in [-0.25, -0.2) is 4.79 Å². The molecule has 0 aliphatic rings. The average molecular weight is 308 g/mol. The molecule has 0 unspecified atom stereocenters. The van der Waals surface area contributed by atoms with Crippen LogP contribution in [0.15, 0.2) is 60.8 Å². The molecule has 3 aromatic rings. The number of hydrogen-bond donors (Lipinski definition) is 2. The molecule has 1 atom stereocenters. The van der Waals surface area contributed by atoms with Crippen LogP contribution in [0.2, 0.25) is 0 Å². The van der Waals surface area contributed by atoms with Gasteiger partial charge in [0.05, 0.1) is 0 Å². The van der Waals surface area contributed by atoms with E-state index in [0.717, 1.165) is 10.9 Å². The van der Waals surface area contributed by atoms with E-state index >= 15 is 0 Å². The first-order valence-electron chi connectivity index (χ1n) is 7.29. The molecule has 0 bridgehead atoms. The highest BCUT2D eigenvalue weighted by Gasteiger charge is 2.19. The Morgan fingerprint density at radius 2 is 1.74 bits per heavy atom. The van der Waals surface area contributed by atoms with E-state index in [1.54, 1.807) is 37.4 Å². The Balaban J connectivity index is 1.67. The number of ether oxygens (including phenoxy) is 1. The van der Waals surface area contributed by atoms with Crippen molar-refractivity contribution in [3.05, 3.63) is 66.4 Å². The lowest BCUT2D eigenvalue weighted by Crippen LogP contribution is -2.40. The van der Waals surface area contributed by atoms with Gasteiger partial charge < -0.3 is 15.0 Å². The van der Waals surface area contributed by atoms with Crippen molar-refractivity contribution in [3.8, 4) is 5.75 Å². The van der Waals surface area contributed by atoms with Gasteiger partial charge in [-0.2, -0.15) is 0 Å². The second-order valence-corrected chi connectivity index (χ2v) is 5.18. The fourth-order valence-electron chi connectivity index (χ4n) is 2.25. The number of fused-ring (bicyclic) bond motifs is 1. The first kappa shape index (κ1) is 14.8. The zero-order chi connectivity index (χ0) is 16.2. The Morgan fingerprint density at radius 3 is 2.52 bits per heavy atom. The molecule has 0 saturated heterocycles. The Kier molecular flexibility index (Phi) is 4.10. The fraction of sp³-hybridized carbons (Fsp3) is 0.111. The Hall–Kier alpha value is -3.08. The first-order valence-corrected chi connectivity index (χ1v) is 7.29. The second kappa shape index (κ2) is 6.36. The highest BCUT2D eigenvalue weighted by Crippen LogP contribution is 2.25. The van der Waals surface area contributed by atoms with Crippen molar-refractivity contribution >= 4 is 22.8 Å². The van der Waals surface area contributed by atoms with E-state index in [9.17, 15) is 9.59 Å². The lowest BCUT2D eigenvalue weighted by Gasteiger charge is -2.12. The van der Waals surface area contributed by atoms with Crippen LogP contribution in [0.25, 0.3) is 10.9 Å². The van der Waals surface area contributed by atoms with Crippen LogP contribution in [0, 0.1) is 0 Å². The molecule has 3 rings (SSSR count). The molecule has 0 saturated carbocycles. The van der Waals surface area contributed by atoms with Gasteiger partial charge >= 0.3 is 5.97 Å². The number of carbonyl (C=O) groups is 2. The minimum Gasteiger partial charge on any atom is -0.423 e. The van der Waals surface area contributed by atoms with Gasteiger partial charge in [-0.1, -0.05) is 30.3 Å². The number of esters is 1. The zero-order valence-corrected chi connectivity index (χ0v) is 12.6. The molecular weight excluding hydrogens is 292 g/mol. The van der Waals surface area contributed by atoms with Gasteiger partial charge in [-0.15, -0.1) is 0 Å². The SMILES string of the molecule is C[C@H](NC(=O)c1ccccc1)C(=O)Oc1c[nH]c2ccccc12. The zero-order valence-electron chi connectivity index (χ0n) is 12.6. The maximum absolute atomic E-state index is 12.2. The number of aromatic nitrogens is 1. The molecule has 0 radical (unpaired) electrons. The van der Waals surface area contributed by atoms with Gasteiger partial charge in [0.15, 0.2) is 5.75 Å². The van der Waals surface area contributed by atoms with E-state index in [-0.39, 0.29) is 5.91 Å². The molecule has 2 aromatic carbocycles. The standard InChI is InChI=1S/C18H16N2O3/c1-12(20-17(21)13-7-3-2-4-8-13)18(22)23-16-11-19-15-10-6-5-9-14(15)16/h2-12,19H,1H3,(H,20,21)/t12-/m0/s1. The Morgan fingerprint density at radius 1 is 1.04 bits per heavy atom. The number of nitrogens with one attached hydrogen (secondary N) is 2. The monoisotopic (exact) mass is 308 g/mol. The molecule has 1 amide bonds. The normalized spacial score (nSPS) is 11.9. The maximum atomic E-state index is 12.2. The molecule has 23 heavy (non-hydrogen) atoms. The van der Waals surface area contributed by atoms with Crippen LogP contribution in [-0.4, -0.2) is 22.9 Å². The molecule has 116 valence electrons. The molecule has 0 spiro atoms. The van der Waals surface area contributed by atoms with Gasteiger partial charge in [0, 0.05) is 22.7 Å². The van der Waals surface area contributed by atoms with E-state index in [1.807, 2.05) is 30.3 Å².